The van der Waals surface area contributed by atoms with E-state index in [0.717, 1.165) is 0 Å². The number of esters is 1. The van der Waals surface area contributed by atoms with E-state index in [1.165, 1.54) is 31.4 Å². The van der Waals surface area contributed by atoms with E-state index in [4.69, 9.17) is 9.47 Å². The Morgan fingerprint density at radius 3 is 2.08 bits per heavy atom. The summed E-state index contributed by atoms with van der Waals surface area (Å²) in [6, 6.07) is 4.69. The molecule has 0 bridgehead atoms. The van der Waals surface area contributed by atoms with Crippen LogP contribution in [0.4, 0.5) is 0 Å². The van der Waals surface area contributed by atoms with Crippen LogP contribution in [0.1, 0.15) is 34.6 Å². The van der Waals surface area contributed by atoms with Crippen LogP contribution in [-0.2, 0) is 24.3 Å². The fourth-order valence-electron chi connectivity index (χ4n) is 1.89. The van der Waals surface area contributed by atoms with Gasteiger partial charge in [0.1, 0.15) is 11.8 Å². The highest BCUT2D eigenvalue weighted by molar-refractivity contribution is 7.89. The fraction of sp³-hybridized carbons (Fsp3) is 0.556. The molecule has 1 aromatic carbocycles. The summed E-state index contributed by atoms with van der Waals surface area (Å²) in [6.45, 7) is 8.14. The van der Waals surface area contributed by atoms with Crippen molar-refractivity contribution in [1.82, 2.24) is 4.72 Å². The standard InChI is InChI=1S/C18H27NO6S/c1-12(2)16(17(21)25-11-15(20)18(3,4)5)19-26(22,23)14-9-7-13(24-6)8-10-14/h7-10,12,16,19H,11H2,1-6H3/t16-/m0/s1. The Hall–Kier alpha value is -1.93. The second kappa shape index (κ2) is 8.64. The minimum atomic E-state index is -3.93. The molecule has 0 unspecified atom stereocenters. The first kappa shape index (κ1) is 22.1. The van der Waals surface area contributed by atoms with Crippen molar-refractivity contribution in [3.8, 4) is 5.75 Å². The monoisotopic (exact) mass is 385 g/mol. The maximum Gasteiger partial charge on any atom is 0.324 e. The van der Waals surface area contributed by atoms with Crippen molar-refractivity contribution in [1.29, 1.82) is 0 Å². The number of methoxy groups -OCH3 is 1. The summed E-state index contributed by atoms with van der Waals surface area (Å²) < 4.78 is 37.4. The molecule has 0 fully saturated rings. The molecule has 0 amide bonds. The van der Waals surface area contributed by atoms with E-state index in [9.17, 15) is 18.0 Å². The first-order valence-electron chi connectivity index (χ1n) is 8.25. The lowest BCUT2D eigenvalue weighted by Gasteiger charge is -2.22. The smallest absolute Gasteiger partial charge is 0.324 e. The van der Waals surface area contributed by atoms with Gasteiger partial charge in [-0.3, -0.25) is 9.59 Å². The molecule has 0 radical (unpaired) electrons. The largest absolute Gasteiger partial charge is 0.497 e. The van der Waals surface area contributed by atoms with Crippen molar-refractivity contribution in [2.75, 3.05) is 13.7 Å². The summed E-state index contributed by atoms with van der Waals surface area (Å²) in [5.41, 5.74) is -0.643. The third kappa shape index (κ3) is 6.10. The number of sulfonamides is 1. The normalized spacial score (nSPS) is 13.3. The molecular formula is C18H27NO6S. The van der Waals surface area contributed by atoms with Gasteiger partial charge in [-0.05, 0) is 30.2 Å². The minimum Gasteiger partial charge on any atom is -0.497 e. The molecule has 0 aliphatic carbocycles. The molecule has 0 aliphatic rings. The Morgan fingerprint density at radius 1 is 1.12 bits per heavy atom. The molecule has 0 spiro atoms. The molecule has 0 aromatic heterocycles. The van der Waals surface area contributed by atoms with Gasteiger partial charge < -0.3 is 9.47 Å². The SMILES string of the molecule is COc1ccc(S(=O)(=O)N[C@H](C(=O)OCC(=O)C(C)(C)C)C(C)C)cc1. The van der Waals surface area contributed by atoms with Crippen LogP contribution < -0.4 is 9.46 Å². The second-order valence-corrected chi connectivity index (χ2v) is 9.01. The van der Waals surface area contributed by atoms with Gasteiger partial charge in [0.25, 0.3) is 0 Å². The van der Waals surface area contributed by atoms with Crippen LogP contribution in [-0.4, -0.2) is 39.9 Å². The van der Waals surface area contributed by atoms with Crippen molar-refractivity contribution in [2.45, 2.75) is 45.6 Å². The molecule has 0 saturated carbocycles. The van der Waals surface area contributed by atoms with Gasteiger partial charge in [-0.15, -0.1) is 0 Å². The van der Waals surface area contributed by atoms with Crippen LogP contribution in [0.3, 0.4) is 0 Å². The molecule has 1 atom stereocenters. The number of carbonyl (C=O) groups is 2. The van der Waals surface area contributed by atoms with Crippen molar-refractivity contribution in [3.05, 3.63) is 24.3 Å². The zero-order chi connectivity index (χ0) is 20.1. The predicted molar refractivity (Wildman–Crippen MR) is 97.4 cm³/mol. The minimum absolute atomic E-state index is 0.00233. The van der Waals surface area contributed by atoms with Gasteiger partial charge in [0.2, 0.25) is 10.0 Å². The zero-order valence-electron chi connectivity index (χ0n) is 16.0. The lowest BCUT2D eigenvalue weighted by molar-refractivity contribution is -0.152. The third-order valence-corrected chi connectivity index (χ3v) is 5.21. The lowest BCUT2D eigenvalue weighted by Crippen LogP contribution is -2.46. The quantitative estimate of drug-likeness (QED) is 0.689. The highest BCUT2D eigenvalue weighted by atomic mass is 32.2. The molecule has 146 valence electrons. The highest BCUT2D eigenvalue weighted by Gasteiger charge is 2.31. The summed E-state index contributed by atoms with van der Waals surface area (Å²) in [6.07, 6.45) is 0. The maximum absolute atomic E-state index is 12.5. The van der Waals surface area contributed by atoms with Crippen LogP contribution in [0.2, 0.25) is 0 Å². The molecule has 8 heteroatoms. The van der Waals surface area contributed by atoms with Crippen molar-refractivity contribution < 1.29 is 27.5 Å². The topological polar surface area (TPSA) is 98.8 Å². The summed E-state index contributed by atoms with van der Waals surface area (Å²) in [4.78, 5) is 24.2. The number of hydrogen-bond acceptors (Lipinski definition) is 6. The van der Waals surface area contributed by atoms with Gasteiger partial charge in [-0.2, -0.15) is 4.72 Å². The number of ketones is 1. The van der Waals surface area contributed by atoms with E-state index >= 15 is 0 Å². The Labute approximate surface area is 155 Å². The Morgan fingerprint density at radius 2 is 1.65 bits per heavy atom. The molecule has 1 aromatic rings. The number of benzene rings is 1. The Bertz CT molecular complexity index is 732. The molecule has 26 heavy (non-hydrogen) atoms. The van der Waals surface area contributed by atoms with Crippen LogP contribution in [0.15, 0.2) is 29.2 Å². The maximum atomic E-state index is 12.5. The number of nitrogens with one attached hydrogen (secondary N) is 1. The zero-order valence-corrected chi connectivity index (χ0v) is 16.8. The summed E-state index contributed by atoms with van der Waals surface area (Å²) >= 11 is 0. The number of ether oxygens (including phenoxy) is 2. The van der Waals surface area contributed by atoms with Gasteiger partial charge in [0, 0.05) is 5.41 Å². The molecule has 1 rings (SSSR count). The number of hydrogen-bond donors (Lipinski definition) is 1. The number of carbonyl (C=O) groups excluding carboxylic acids is 2. The van der Waals surface area contributed by atoms with E-state index < -0.39 is 34.1 Å². The number of Topliss-reactive ketones (excluding diaryl/α,β-unsaturated/α-hetero) is 1. The van der Waals surface area contributed by atoms with E-state index in [1.807, 2.05) is 0 Å². The van der Waals surface area contributed by atoms with Crippen LogP contribution in [0.25, 0.3) is 0 Å². The molecule has 0 aliphatic heterocycles. The van der Waals surface area contributed by atoms with Gasteiger partial charge in [0.05, 0.1) is 12.0 Å². The average Bonchev–Trinajstić information content (AvgIpc) is 2.56. The summed E-state index contributed by atoms with van der Waals surface area (Å²) in [5, 5.41) is 0. The van der Waals surface area contributed by atoms with Crippen molar-refractivity contribution in [3.63, 3.8) is 0 Å². The Kier molecular flexibility index (Phi) is 7.35. The summed E-state index contributed by atoms with van der Waals surface area (Å²) in [5.74, 6) is -0.870. The highest BCUT2D eigenvalue weighted by Crippen LogP contribution is 2.18. The lowest BCUT2D eigenvalue weighted by atomic mass is 9.91. The summed E-state index contributed by atoms with van der Waals surface area (Å²) in [7, 11) is -2.46. The molecule has 7 nitrogen and oxygen atoms in total. The average molecular weight is 385 g/mol. The van der Waals surface area contributed by atoms with Crippen LogP contribution >= 0.6 is 0 Å². The number of rotatable bonds is 8. The van der Waals surface area contributed by atoms with Crippen molar-refractivity contribution in [2.24, 2.45) is 11.3 Å². The third-order valence-electron chi connectivity index (χ3n) is 3.75. The van der Waals surface area contributed by atoms with E-state index in [1.54, 1.807) is 34.6 Å². The fourth-order valence-corrected chi connectivity index (χ4v) is 3.22. The van der Waals surface area contributed by atoms with Crippen LogP contribution in [0, 0.1) is 11.3 Å². The van der Waals surface area contributed by atoms with Gasteiger partial charge >= 0.3 is 5.97 Å². The predicted octanol–water partition coefficient (Wildman–Crippen LogP) is 2.16. The Balaban J connectivity index is 2.89. The van der Waals surface area contributed by atoms with Crippen LogP contribution in [0.5, 0.6) is 5.75 Å². The van der Waals surface area contributed by atoms with E-state index in [2.05, 4.69) is 4.72 Å². The molecule has 0 saturated heterocycles. The first-order valence-corrected chi connectivity index (χ1v) is 9.73. The molecular weight excluding hydrogens is 358 g/mol. The van der Waals surface area contributed by atoms with Gasteiger partial charge in [-0.25, -0.2) is 8.42 Å². The second-order valence-electron chi connectivity index (χ2n) is 7.30. The molecule has 0 heterocycles. The van der Waals surface area contributed by atoms with E-state index in [-0.39, 0.29) is 16.6 Å². The van der Waals surface area contributed by atoms with Gasteiger partial charge in [0.15, 0.2) is 12.4 Å². The van der Waals surface area contributed by atoms with Crippen molar-refractivity contribution >= 4 is 21.8 Å². The molecule has 1 N–H and O–H groups in total. The van der Waals surface area contributed by atoms with E-state index in [0.29, 0.717) is 5.75 Å². The van der Waals surface area contributed by atoms with Gasteiger partial charge in [-0.1, -0.05) is 34.6 Å². The first-order chi connectivity index (χ1) is 11.9.